The number of halogens is 1. The maximum absolute atomic E-state index is 12.7. The molecule has 0 aromatic carbocycles. The standard InChI is InChI=1S/C12H18FN3/c1-14-8-10-4-6-16(7-5-10)12-3-2-11(13)9-15-12/h2-3,9-10,14H,4-8H2,1H3. The Morgan fingerprint density at radius 2 is 2.19 bits per heavy atom. The number of nitrogens with one attached hydrogen (secondary N) is 1. The number of hydrogen-bond donors (Lipinski definition) is 1. The monoisotopic (exact) mass is 223 g/mol. The molecule has 1 fully saturated rings. The topological polar surface area (TPSA) is 28.2 Å². The van der Waals surface area contributed by atoms with Crippen LogP contribution in [0, 0.1) is 11.7 Å². The van der Waals surface area contributed by atoms with E-state index in [1.807, 2.05) is 7.05 Å². The number of anilines is 1. The molecule has 0 bridgehead atoms. The molecule has 0 saturated carbocycles. The fraction of sp³-hybridized carbons (Fsp3) is 0.583. The van der Waals surface area contributed by atoms with E-state index in [4.69, 9.17) is 0 Å². The molecular weight excluding hydrogens is 205 g/mol. The van der Waals surface area contributed by atoms with E-state index in [1.165, 1.54) is 25.1 Å². The Bertz CT molecular complexity index is 318. The second-order valence-corrected chi connectivity index (χ2v) is 4.32. The Kier molecular flexibility index (Phi) is 3.72. The van der Waals surface area contributed by atoms with Crippen molar-refractivity contribution in [1.29, 1.82) is 0 Å². The van der Waals surface area contributed by atoms with Crippen molar-refractivity contribution in [3.05, 3.63) is 24.1 Å². The quantitative estimate of drug-likeness (QED) is 0.844. The lowest BCUT2D eigenvalue weighted by molar-refractivity contribution is 0.392. The third-order valence-electron chi connectivity index (χ3n) is 3.14. The molecule has 4 heteroatoms. The molecule has 0 atom stereocenters. The smallest absolute Gasteiger partial charge is 0.141 e. The van der Waals surface area contributed by atoms with Crippen LogP contribution in [0.1, 0.15) is 12.8 Å². The SMILES string of the molecule is CNCC1CCN(c2ccc(F)cn2)CC1. The summed E-state index contributed by atoms with van der Waals surface area (Å²) in [6.45, 7) is 3.13. The van der Waals surface area contributed by atoms with Gasteiger partial charge in [0, 0.05) is 13.1 Å². The summed E-state index contributed by atoms with van der Waals surface area (Å²) in [5.74, 6) is 1.39. The van der Waals surface area contributed by atoms with Gasteiger partial charge in [-0.15, -0.1) is 0 Å². The van der Waals surface area contributed by atoms with Gasteiger partial charge in [0.25, 0.3) is 0 Å². The second kappa shape index (κ2) is 5.25. The van der Waals surface area contributed by atoms with Crippen molar-refractivity contribution < 1.29 is 4.39 Å². The molecule has 1 aliphatic rings. The average molecular weight is 223 g/mol. The van der Waals surface area contributed by atoms with Crippen LogP contribution in [0.5, 0.6) is 0 Å². The third kappa shape index (κ3) is 2.70. The molecule has 2 heterocycles. The predicted molar refractivity (Wildman–Crippen MR) is 63.1 cm³/mol. The number of rotatable bonds is 3. The molecule has 2 rings (SSSR count). The molecule has 1 aromatic heterocycles. The van der Waals surface area contributed by atoms with Crippen LogP contribution in [0.15, 0.2) is 18.3 Å². The van der Waals surface area contributed by atoms with E-state index < -0.39 is 0 Å². The summed E-state index contributed by atoms with van der Waals surface area (Å²) in [4.78, 5) is 6.34. The van der Waals surface area contributed by atoms with Gasteiger partial charge in [-0.1, -0.05) is 0 Å². The van der Waals surface area contributed by atoms with Gasteiger partial charge >= 0.3 is 0 Å². The van der Waals surface area contributed by atoms with Crippen molar-refractivity contribution in [3.8, 4) is 0 Å². The lowest BCUT2D eigenvalue weighted by atomic mass is 9.97. The fourth-order valence-electron chi connectivity index (χ4n) is 2.21. The second-order valence-electron chi connectivity index (χ2n) is 4.32. The molecule has 0 aliphatic carbocycles. The average Bonchev–Trinajstić information content (AvgIpc) is 2.32. The molecule has 0 unspecified atom stereocenters. The van der Waals surface area contributed by atoms with Gasteiger partial charge in [-0.3, -0.25) is 0 Å². The Morgan fingerprint density at radius 1 is 1.44 bits per heavy atom. The third-order valence-corrected chi connectivity index (χ3v) is 3.14. The molecule has 0 spiro atoms. The summed E-state index contributed by atoms with van der Waals surface area (Å²) >= 11 is 0. The normalized spacial score (nSPS) is 17.8. The van der Waals surface area contributed by atoms with Crippen LogP contribution in [0.4, 0.5) is 10.2 Å². The fourth-order valence-corrected chi connectivity index (χ4v) is 2.21. The molecular formula is C12H18FN3. The van der Waals surface area contributed by atoms with E-state index >= 15 is 0 Å². The summed E-state index contributed by atoms with van der Waals surface area (Å²) in [5, 5.41) is 3.22. The van der Waals surface area contributed by atoms with Crippen molar-refractivity contribution in [1.82, 2.24) is 10.3 Å². The minimum Gasteiger partial charge on any atom is -0.357 e. The summed E-state index contributed by atoms with van der Waals surface area (Å²) in [7, 11) is 1.99. The van der Waals surface area contributed by atoms with Gasteiger partial charge in [0.15, 0.2) is 0 Å². The highest BCUT2D eigenvalue weighted by Gasteiger charge is 2.19. The van der Waals surface area contributed by atoms with Gasteiger partial charge in [0.1, 0.15) is 11.6 Å². The van der Waals surface area contributed by atoms with Gasteiger partial charge in [-0.2, -0.15) is 0 Å². The van der Waals surface area contributed by atoms with Crippen molar-refractivity contribution in [3.63, 3.8) is 0 Å². The Morgan fingerprint density at radius 3 is 2.75 bits per heavy atom. The van der Waals surface area contributed by atoms with Crippen molar-refractivity contribution in [2.75, 3.05) is 31.6 Å². The van der Waals surface area contributed by atoms with Crippen molar-refractivity contribution >= 4 is 5.82 Å². The lowest BCUT2D eigenvalue weighted by Gasteiger charge is -2.32. The molecule has 1 saturated heterocycles. The van der Waals surface area contributed by atoms with Gasteiger partial charge in [0.2, 0.25) is 0 Å². The highest BCUT2D eigenvalue weighted by molar-refractivity contribution is 5.38. The zero-order chi connectivity index (χ0) is 11.4. The van der Waals surface area contributed by atoms with Crippen LogP contribution in [0.25, 0.3) is 0 Å². The van der Waals surface area contributed by atoms with Crippen LogP contribution in [-0.2, 0) is 0 Å². The van der Waals surface area contributed by atoms with Crippen molar-refractivity contribution in [2.24, 2.45) is 5.92 Å². The molecule has 1 N–H and O–H groups in total. The minimum absolute atomic E-state index is 0.270. The van der Waals surface area contributed by atoms with Crippen LogP contribution in [-0.4, -0.2) is 31.7 Å². The van der Waals surface area contributed by atoms with E-state index in [1.54, 1.807) is 6.07 Å². The van der Waals surface area contributed by atoms with Crippen LogP contribution < -0.4 is 10.2 Å². The van der Waals surface area contributed by atoms with Crippen LogP contribution in [0.3, 0.4) is 0 Å². The van der Waals surface area contributed by atoms with Crippen LogP contribution in [0.2, 0.25) is 0 Å². The largest absolute Gasteiger partial charge is 0.357 e. The van der Waals surface area contributed by atoms with Gasteiger partial charge < -0.3 is 10.2 Å². The molecule has 16 heavy (non-hydrogen) atoms. The van der Waals surface area contributed by atoms with Gasteiger partial charge in [0.05, 0.1) is 6.20 Å². The molecule has 0 radical (unpaired) electrons. The highest BCUT2D eigenvalue weighted by Crippen LogP contribution is 2.21. The summed E-state index contributed by atoms with van der Waals surface area (Å²) < 4.78 is 12.7. The van der Waals surface area contributed by atoms with Gasteiger partial charge in [-0.25, -0.2) is 9.37 Å². The molecule has 3 nitrogen and oxygen atoms in total. The van der Waals surface area contributed by atoms with E-state index in [0.29, 0.717) is 0 Å². The molecule has 1 aromatic rings. The Balaban J connectivity index is 1.91. The number of hydrogen-bond acceptors (Lipinski definition) is 3. The number of aromatic nitrogens is 1. The molecule has 1 aliphatic heterocycles. The van der Waals surface area contributed by atoms with E-state index in [2.05, 4.69) is 15.2 Å². The Hall–Kier alpha value is -1.16. The van der Waals surface area contributed by atoms with Gasteiger partial charge in [-0.05, 0) is 44.5 Å². The first-order valence-corrected chi connectivity index (χ1v) is 5.80. The lowest BCUT2D eigenvalue weighted by Crippen LogP contribution is -2.37. The maximum Gasteiger partial charge on any atom is 0.141 e. The van der Waals surface area contributed by atoms with Crippen LogP contribution >= 0.6 is 0 Å². The first-order chi connectivity index (χ1) is 7.79. The van der Waals surface area contributed by atoms with E-state index in [0.717, 1.165) is 31.4 Å². The maximum atomic E-state index is 12.7. The highest BCUT2D eigenvalue weighted by atomic mass is 19.1. The van der Waals surface area contributed by atoms with E-state index in [9.17, 15) is 4.39 Å². The minimum atomic E-state index is -0.270. The summed E-state index contributed by atoms with van der Waals surface area (Å²) in [5.41, 5.74) is 0. The predicted octanol–water partition coefficient (Wildman–Crippen LogP) is 1.66. The van der Waals surface area contributed by atoms with Crippen molar-refractivity contribution in [2.45, 2.75) is 12.8 Å². The number of pyridine rings is 1. The zero-order valence-electron chi connectivity index (χ0n) is 9.62. The number of nitrogens with zero attached hydrogens (tertiary/aromatic N) is 2. The Labute approximate surface area is 95.7 Å². The number of piperidine rings is 1. The first kappa shape index (κ1) is 11.3. The molecule has 88 valence electrons. The summed E-state index contributed by atoms with van der Waals surface area (Å²) in [6.07, 6.45) is 3.65. The first-order valence-electron chi connectivity index (χ1n) is 5.80. The summed E-state index contributed by atoms with van der Waals surface area (Å²) in [6, 6.07) is 3.23. The zero-order valence-corrected chi connectivity index (χ0v) is 9.62. The van der Waals surface area contributed by atoms with E-state index in [-0.39, 0.29) is 5.82 Å². The molecule has 0 amide bonds.